The van der Waals surface area contributed by atoms with Gasteiger partial charge < -0.3 is 5.32 Å². The van der Waals surface area contributed by atoms with Crippen LogP contribution < -0.4 is 5.32 Å². The third-order valence-electron chi connectivity index (χ3n) is 2.58. The second-order valence-electron chi connectivity index (χ2n) is 3.84. The predicted octanol–water partition coefficient (Wildman–Crippen LogP) is 2.10. The molecule has 5 heteroatoms. The molecule has 0 aliphatic carbocycles. The zero-order valence-electron chi connectivity index (χ0n) is 9.40. The third kappa shape index (κ3) is 2.08. The number of nitriles is 1. The van der Waals surface area contributed by atoms with E-state index in [2.05, 4.69) is 20.8 Å². The van der Waals surface area contributed by atoms with Gasteiger partial charge in [0, 0.05) is 24.2 Å². The standard InChI is InChI=1S/C11H14N4S/c1-8(3-4-12)13-7-10-9(2)14-11-15(10)5-6-16-11/h5-6,8,13H,3,7H2,1-2H3. The Labute approximate surface area is 98.5 Å². The number of nitrogens with zero attached hydrogens (tertiary/aromatic N) is 3. The van der Waals surface area contributed by atoms with Gasteiger partial charge in [0.2, 0.25) is 0 Å². The summed E-state index contributed by atoms with van der Waals surface area (Å²) < 4.78 is 2.10. The normalized spacial score (nSPS) is 12.8. The second kappa shape index (κ2) is 4.64. The first-order valence-corrected chi connectivity index (χ1v) is 6.11. The summed E-state index contributed by atoms with van der Waals surface area (Å²) in [5, 5.41) is 13.9. The predicted molar refractivity (Wildman–Crippen MR) is 64.3 cm³/mol. The second-order valence-corrected chi connectivity index (χ2v) is 4.72. The van der Waals surface area contributed by atoms with Crippen LogP contribution in [0.3, 0.4) is 0 Å². The van der Waals surface area contributed by atoms with Crippen molar-refractivity contribution < 1.29 is 0 Å². The molecular weight excluding hydrogens is 220 g/mol. The van der Waals surface area contributed by atoms with Gasteiger partial charge in [-0.25, -0.2) is 4.98 Å². The van der Waals surface area contributed by atoms with Crippen molar-refractivity contribution in [1.29, 1.82) is 5.26 Å². The van der Waals surface area contributed by atoms with Gasteiger partial charge in [0.05, 0.1) is 23.9 Å². The average molecular weight is 234 g/mol. The maximum atomic E-state index is 8.58. The van der Waals surface area contributed by atoms with Crippen LogP contribution in [0.15, 0.2) is 11.6 Å². The molecule has 1 unspecified atom stereocenters. The van der Waals surface area contributed by atoms with Crippen molar-refractivity contribution in [3.8, 4) is 6.07 Å². The monoisotopic (exact) mass is 234 g/mol. The quantitative estimate of drug-likeness (QED) is 0.881. The van der Waals surface area contributed by atoms with Crippen molar-refractivity contribution in [2.45, 2.75) is 32.9 Å². The van der Waals surface area contributed by atoms with Gasteiger partial charge in [0.25, 0.3) is 0 Å². The topological polar surface area (TPSA) is 53.1 Å². The molecule has 0 radical (unpaired) electrons. The van der Waals surface area contributed by atoms with Gasteiger partial charge in [-0.3, -0.25) is 4.40 Å². The molecule has 0 bridgehead atoms. The van der Waals surface area contributed by atoms with Crippen molar-refractivity contribution in [2.24, 2.45) is 0 Å². The Morgan fingerprint density at radius 2 is 2.50 bits per heavy atom. The summed E-state index contributed by atoms with van der Waals surface area (Å²) in [6.07, 6.45) is 2.57. The van der Waals surface area contributed by atoms with Crippen LogP contribution >= 0.6 is 11.3 Å². The number of aryl methyl sites for hydroxylation is 1. The molecule has 16 heavy (non-hydrogen) atoms. The molecule has 0 saturated carbocycles. The van der Waals surface area contributed by atoms with E-state index >= 15 is 0 Å². The van der Waals surface area contributed by atoms with Crippen LogP contribution in [0.2, 0.25) is 0 Å². The molecule has 4 nitrogen and oxygen atoms in total. The molecule has 0 aliphatic heterocycles. The van der Waals surface area contributed by atoms with Crippen LogP contribution in [0.4, 0.5) is 0 Å². The van der Waals surface area contributed by atoms with Crippen molar-refractivity contribution in [2.75, 3.05) is 0 Å². The number of rotatable bonds is 4. The first-order valence-electron chi connectivity index (χ1n) is 5.23. The Kier molecular flexibility index (Phi) is 3.22. The van der Waals surface area contributed by atoms with E-state index in [0.717, 1.165) is 17.2 Å². The fourth-order valence-corrected chi connectivity index (χ4v) is 2.41. The fourth-order valence-electron chi connectivity index (χ4n) is 1.63. The molecule has 0 spiro atoms. The first-order chi connectivity index (χ1) is 7.72. The van der Waals surface area contributed by atoms with E-state index < -0.39 is 0 Å². The molecule has 2 heterocycles. The lowest BCUT2D eigenvalue weighted by molar-refractivity contribution is 0.548. The molecule has 0 fully saturated rings. The molecule has 0 saturated heterocycles. The van der Waals surface area contributed by atoms with Gasteiger partial charge in [-0.05, 0) is 13.8 Å². The van der Waals surface area contributed by atoms with Crippen LogP contribution in [0.25, 0.3) is 4.96 Å². The maximum absolute atomic E-state index is 8.58. The van der Waals surface area contributed by atoms with E-state index in [1.165, 1.54) is 5.69 Å². The molecule has 0 aromatic carbocycles. The highest BCUT2D eigenvalue weighted by Gasteiger charge is 2.10. The van der Waals surface area contributed by atoms with Crippen LogP contribution in [0.1, 0.15) is 24.7 Å². The molecule has 1 atom stereocenters. The molecule has 84 valence electrons. The summed E-state index contributed by atoms with van der Waals surface area (Å²) in [5.41, 5.74) is 2.24. The molecule has 2 aromatic rings. The minimum atomic E-state index is 0.216. The average Bonchev–Trinajstić information content (AvgIpc) is 2.76. The molecule has 2 aromatic heterocycles. The van der Waals surface area contributed by atoms with Gasteiger partial charge in [-0.2, -0.15) is 5.26 Å². The number of hydrogen-bond donors (Lipinski definition) is 1. The minimum absolute atomic E-state index is 0.216. The summed E-state index contributed by atoms with van der Waals surface area (Å²) in [6, 6.07) is 2.38. The van der Waals surface area contributed by atoms with Crippen LogP contribution in [0.5, 0.6) is 0 Å². The first kappa shape index (κ1) is 11.1. The number of hydrogen-bond acceptors (Lipinski definition) is 4. The van der Waals surface area contributed by atoms with Gasteiger partial charge in [-0.15, -0.1) is 11.3 Å². The highest BCUT2D eigenvalue weighted by Crippen LogP contribution is 2.16. The summed E-state index contributed by atoms with van der Waals surface area (Å²) in [4.78, 5) is 5.50. The minimum Gasteiger partial charge on any atom is -0.308 e. The number of aromatic nitrogens is 2. The van der Waals surface area contributed by atoms with Crippen LogP contribution in [-0.2, 0) is 6.54 Å². The van der Waals surface area contributed by atoms with Crippen molar-refractivity contribution >= 4 is 16.3 Å². The largest absolute Gasteiger partial charge is 0.308 e. The van der Waals surface area contributed by atoms with E-state index in [9.17, 15) is 0 Å². The van der Waals surface area contributed by atoms with E-state index in [1.54, 1.807) is 11.3 Å². The van der Waals surface area contributed by atoms with Crippen molar-refractivity contribution in [3.05, 3.63) is 23.0 Å². The van der Waals surface area contributed by atoms with Crippen LogP contribution in [0, 0.1) is 18.3 Å². The zero-order chi connectivity index (χ0) is 11.5. The Hall–Kier alpha value is -1.38. The zero-order valence-corrected chi connectivity index (χ0v) is 10.2. The molecule has 1 N–H and O–H groups in total. The van der Waals surface area contributed by atoms with Gasteiger partial charge >= 0.3 is 0 Å². The summed E-state index contributed by atoms with van der Waals surface area (Å²) in [5.74, 6) is 0. The smallest absolute Gasteiger partial charge is 0.194 e. The molecule has 2 rings (SSSR count). The molecular formula is C11H14N4S. The van der Waals surface area contributed by atoms with Crippen molar-refractivity contribution in [1.82, 2.24) is 14.7 Å². The lowest BCUT2D eigenvalue weighted by atomic mass is 10.2. The van der Waals surface area contributed by atoms with E-state index in [1.807, 2.05) is 25.4 Å². The van der Waals surface area contributed by atoms with Crippen molar-refractivity contribution in [3.63, 3.8) is 0 Å². The third-order valence-corrected chi connectivity index (χ3v) is 3.33. The Bertz CT molecular complexity index is 520. The molecule has 0 aliphatic rings. The number of imidazole rings is 1. The highest BCUT2D eigenvalue weighted by atomic mass is 32.1. The van der Waals surface area contributed by atoms with Crippen LogP contribution in [-0.4, -0.2) is 15.4 Å². The SMILES string of the molecule is Cc1nc2sccn2c1CNC(C)CC#N. The summed E-state index contributed by atoms with van der Waals surface area (Å²) >= 11 is 1.64. The highest BCUT2D eigenvalue weighted by molar-refractivity contribution is 7.15. The number of thiazole rings is 1. The van der Waals surface area contributed by atoms with E-state index in [4.69, 9.17) is 5.26 Å². The Morgan fingerprint density at radius 3 is 3.25 bits per heavy atom. The van der Waals surface area contributed by atoms with Gasteiger partial charge in [-0.1, -0.05) is 0 Å². The lowest BCUT2D eigenvalue weighted by Crippen LogP contribution is -2.25. The lowest BCUT2D eigenvalue weighted by Gasteiger charge is -2.09. The van der Waals surface area contributed by atoms with E-state index in [-0.39, 0.29) is 6.04 Å². The number of nitrogens with one attached hydrogen (secondary N) is 1. The fraction of sp³-hybridized carbons (Fsp3) is 0.455. The maximum Gasteiger partial charge on any atom is 0.194 e. The van der Waals surface area contributed by atoms with Gasteiger partial charge in [0.15, 0.2) is 4.96 Å². The number of fused-ring (bicyclic) bond motifs is 1. The summed E-state index contributed by atoms with van der Waals surface area (Å²) in [7, 11) is 0. The Balaban J connectivity index is 2.11. The van der Waals surface area contributed by atoms with E-state index in [0.29, 0.717) is 6.42 Å². The Morgan fingerprint density at radius 1 is 1.69 bits per heavy atom. The van der Waals surface area contributed by atoms with Gasteiger partial charge in [0.1, 0.15) is 0 Å². The molecule has 0 amide bonds. The summed E-state index contributed by atoms with van der Waals surface area (Å²) in [6.45, 7) is 4.79.